The summed E-state index contributed by atoms with van der Waals surface area (Å²) in [5, 5.41) is 3.08. The summed E-state index contributed by atoms with van der Waals surface area (Å²) in [5.41, 5.74) is 0.961. The van der Waals surface area contributed by atoms with Crippen LogP contribution >= 0.6 is 0 Å². The number of pyridine rings is 1. The normalized spacial score (nSPS) is 15.6. The smallest absolute Gasteiger partial charge is 0.258 e. The van der Waals surface area contributed by atoms with Crippen LogP contribution in [-0.2, 0) is 16.6 Å². The van der Waals surface area contributed by atoms with Crippen LogP contribution in [0.3, 0.4) is 0 Å². The zero-order valence-corrected chi connectivity index (χ0v) is 13.5. The number of likely N-dealkylation sites (N-methyl/N-ethyl adjacent to an activating group) is 1. The second-order valence-electron chi connectivity index (χ2n) is 5.29. The summed E-state index contributed by atoms with van der Waals surface area (Å²) < 4.78 is 26.9. The lowest BCUT2D eigenvalue weighted by molar-refractivity contribution is 0.282. The van der Waals surface area contributed by atoms with Gasteiger partial charge in [0.25, 0.3) is 10.0 Å². The first-order valence-electron chi connectivity index (χ1n) is 7.40. The molecule has 0 unspecified atom stereocenters. The molecule has 0 atom stereocenters. The van der Waals surface area contributed by atoms with Gasteiger partial charge in [-0.1, -0.05) is 13.0 Å². The topological polar surface area (TPSA) is 74.3 Å². The van der Waals surface area contributed by atoms with Crippen LogP contribution in [0, 0.1) is 0 Å². The fourth-order valence-corrected chi connectivity index (χ4v) is 3.26. The summed E-state index contributed by atoms with van der Waals surface area (Å²) in [7, 11) is -1.67. The number of hydrogen-bond acceptors (Lipinski definition) is 5. The SMILES string of the molecule is CCN(CCNS(=O)(=O)c1ccc(CNC)cn1)C1CC1. The maximum absolute atomic E-state index is 12.1. The van der Waals surface area contributed by atoms with E-state index in [-0.39, 0.29) is 5.03 Å². The van der Waals surface area contributed by atoms with Gasteiger partial charge in [0.1, 0.15) is 0 Å². The van der Waals surface area contributed by atoms with E-state index in [0.29, 0.717) is 19.1 Å². The zero-order chi connectivity index (χ0) is 15.3. The maximum atomic E-state index is 12.1. The molecule has 0 spiro atoms. The third-order valence-electron chi connectivity index (χ3n) is 3.61. The van der Waals surface area contributed by atoms with E-state index in [4.69, 9.17) is 0 Å². The highest BCUT2D eigenvalue weighted by Crippen LogP contribution is 2.25. The predicted octanol–water partition coefficient (Wildman–Crippen LogP) is 0.564. The van der Waals surface area contributed by atoms with Crippen molar-refractivity contribution in [2.24, 2.45) is 0 Å². The third-order valence-corrected chi connectivity index (χ3v) is 4.99. The highest BCUT2D eigenvalue weighted by molar-refractivity contribution is 7.89. The Labute approximate surface area is 127 Å². The van der Waals surface area contributed by atoms with Gasteiger partial charge in [-0.15, -0.1) is 0 Å². The highest BCUT2D eigenvalue weighted by atomic mass is 32.2. The van der Waals surface area contributed by atoms with Crippen molar-refractivity contribution in [1.82, 2.24) is 19.9 Å². The first kappa shape index (κ1) is 16.4. The van der Waals surface area contributed by atoms with Crippen LogP contribution in [0.1, 0.15) is 25.3 Å². The minimum absolute atomic E-state index is 0.0804. The molecule has 21 heavy (non-hydrogen) atoms. The molecule has 1 fully saturated rings. The van der Waals surface area contributed by atoms with Crippen molar-refractivity contribution in [3.8, 4) is 0 Å². The Kier molecular flexibility index (Phi) is 5.69. The Morgan fingerprint density at radius 3 is 2.67 bits per heavy atom. The van der Waals surface area contributed by atoms with Crippen LogP contribution in [0.15, 0.2) is 23.4 Å². The number of nitrogens with zero attached hydrogens (tertiary/aromatic N) is 2. The molecule has 0 saturated heterocycles. The average Bonchev–Trinajstić information content (AvgIpc) is 3.29. The van der Waals surface area contributed by atoms with E-state index in [0.717, 1.165) is 18.7 Å². The number of nitrogens with one attached hydrogen (secondary N) is 2. The van der Waals surface area contributed by atoms with Gasteiger partial charge in [0, 0.05) is 31.9 Å². The second-order valence-corrected chi connectivity index (χ2v) is 7.01. The minimum atomic E-state index is -3.51. The van der Waals surface area contributed by atoms with Gasteiger partial charge in [0.15, 0.2) is 5.03 Å². The van der Waals surface area contributed by atoms with Crippen molar-refractivity contribution in [2.75, 3.05) is 26.7 Å². The molecule has 0 amide bonds. The lowest BCUT2D eigenvalue weighted by atomic mass is 10.3. The second kappa shape index (κ2) is 7.31. The fraction of sp³-hybridized carbons (Fsp3) is 0.643. The monoisotopic (exact) mass is 312 g/mol. The summed E-state index contributed by atoms with van der Waals surface area (Å²) in [5.74, 6) is 0. The van der Waals surface area contributed by atoms with Crippen LogP contribution in [0.5, 0.6) is 0 Å². The summed E-state index contributed by atoms with van der Waals surface area (Å²) in [6.45, 7) is 4.91. The van der Waals surface area contributed by atoms with Crippen molar-refractivity contribution in [3.05, 3.63) is 23.9 Å². The molecule has 1 aromatic rings. The molecule has 0 aromatic carbocycles. The molecule has 1 aromatic heterocycles. The molecule has 0 radical (unpaired) electrons. The van der Waals surface area contributed by atoms with E-state index in [1.807, 2.05) is 7.05 Å². The van der Waals surface area contributed by atoms with Gasteiger partial charge in [-0.05, 0) is 38.1 Å². The predicted molar refractivity (Wildman–Crippen MR) is 82.5 cm³/mol. The van der Waals surface area contributed by atoms with Crippen LogP contribution < -0.4 is 10.0 Å². The molecule has 2 N–H and O–H groups in total. The Bertz CT molecular complexity index is 541. The van der Waals surface area contributed by atoms with Gasteiger partial charge in [-0.3, -0.25) is 4.90 Å². The first-order valence-corrected chi connectivity index (χ1v) is 8.88. The average molecular weight is 312 g/mol. The van der Waals surface area contributed by atoms with Gasteiger partial charge in [0.05, 0.1) is 0 Å². The highest BCUT2D eigenvalue weighted by Gasteiger charge is 2.27. The molecule has 2 rings (SSSR count). The number of hydrogen-bond donors (Lipinski definition) is 2. The molecular weight excluding hydrogens is 288 g/mol. The van der Waals surface area contributed by atoms with Crippen LogP contribution in [-0.4, -0.2) is 51.0 Å². The largest absolute Gasteiger partial charge is 0.316 e. The molecule has 1 saturated carbocycles. The summed E-state index contributed by atoms with van der Waals surface area (Å²) in [6, 6.07) is 3.98. The molecule has 1 aliphatic rings. The van der Waals surface area contributed by atoms with E-state index in [2.05, 4.69) is 26.8 Å². The molecule has 6 nitrogen and oxygen atoms in total. The molecule has 7 heteroatoms. The Balaban J connectivity index is 1.88. The lowest BCUT2D eigenvalue weighted by Crippen LogP contribution is -2.36. The molecular formula is C14H24N4O2S. The number of sulfonamides is 1. The van der Waals surface area contributed by atoms with Gasteiger partial charge in [0.2, 0.25) is 0 Å². The zero-order valence-electron chi connectivity index (χ0n) is 12.7. The fourth-order valence-electron chi connectivity index (χ4n) is 2.31. The van der Waals surface area contributed by atoms with Crippen molar-refractivity contribution < 1.29 is 8.42 Å². The third kappa shape index (κ3) is 4.74. The van der Waals surface area contributed by atoms with Crippen molar-refractivity contribution >= 4 is 10.0 Å². The van der Waals surface area contributed by atoms with E-state index in [1.165, 1.54) is 12.8 Å². The molecule has 1 aliphatic carbocycles. The van der Waals surface area contributed by atoms with E-state index in [9.17, 15) is 8.42 Å². The lowest BCUT2D eigenvalue weighted by Gasteiger charge is -2.19. The number of aromatic nitrogens is 1. The maximum Gasteiger partial charge on any atom is 0.258 e. The van der Waals surface area contributed by atoms with Crippen LogP contribution in [0.2, 0.25) is 0 Å². The summed E-state index contributed by atoms with van der Waals surface area (Å²) in [6.07, 6.45) is 4.05. The quantitative estimate of drug-likeness (QED) is 0.697. The van der Waals surface area contributed by atoms with E-state index >= 15 is 0 Å². The van der Waals surface area contributed by atoms with Crippen molar-refractivity contribution in [2.45, 2.75) is 37.4 Å². The van der Waals surface area contributed by atoms with Crippen molar-refractivity contribution in [3.63, 3.8) is 0 Å². The van der Waals surface area contributed by atoms with Crippen molar-refractivity contribution in [1.29, 1.82) is 0 Å². The Hall–Kier alpha value is -1.02. The minimum Gasteiger partial charge on any atom is -0.316 e. The number of rotatable bonds is 9. The first-order chi connectivity index (χ1) is 10.1. The van der Waals surface area contributed by atoms with Gasteiger partial charge in [-0.2, -0.15) is 0 Å². The Morgan fingerprint density at radius 2 is 2.14 bits per heavy atom. The van der Waals surface area contributed by atoms with E-state index < -0.39 is 10.0 Å². The molecule has 1 heterocycles. The van der Waals surface area contributed by atoms with E-state index in [1.54, 1.807) is 18.3 Å². The van der Waals surface area contributed by atoms with Gasteiger partial charge < -0.3 is 5.32 Å². The van der Waals surface area contributed by atoms with Crippen LogP contribution in [0.4, 0.5) is 0 Å². The van der Waals surface area contributed by atoms with Gasteiger partial charge >= 0.3 is 0 Å². The molecule has 0 aliphatic heterocycles. The summed E-state index contributed by atoms with van der Waals surface area (Å²) in [4.78, 5) is 6.34. The molecule has 0 bridgehead atoms. The van der Waals surface area contributed by atoms with Crippen LogP contribution in [0.25, 0.3) is 0 Å². The standard InChI is InChI=1S/C14H24N4O2S/c1-3-18(13-5-6-13)9-8-17-21(19,20)14-7-4-12(10-15-2)11-16-14/h4,7,11,13,15,17H,3,5-6,8-10H2,1-2H3. The molecule has 118 valence electrons. The van der Waals surface area contributed by atoms with Gasteiger partial charge in [-0.25, -0.2) is 18.1 Å². The Morgan fingerprint density at radius 1 is 1.38 bits per heavy atom. The summed E-state index contributed by atoms with van der Waals surface area (Å²) >= 11 is 0.